The van der Waals surface area contributed by atoms with Crippen molar-refractivity contribution >= 4 is 10.8 Å². The minimum Gasteiger partial charge on any atom is -0.208 e. The summed E-state index contributed by atoms with van der Waals surface area (Å²) in [6.07, 6.45) is 0. The molecule has 9 aromatic rings. The second-order valence-electron chi connectivity index (χ2n) is 13.9. The number of benzene rings is 8. The molecule has 1 aromatic heterocycles. The van der Waals surface area contributed by atoms with Gasteiger partial charge in [-0.3, -0.25) is 0 Å². The van der Waals surface area contributed by atoms with E-state index in [9.17, 15) is 5.26 Å². The predicted octanol–water partition coefficient (Wildman–Crippen LogP) is 11.9. The summed E-state index contributed by atoms with van der Waals surface area (Å²) in [7, 11) is 0. The first-order chi connectivity index (χ1) is 27.2. The highest BCUT2D eigenvalue weighted by atomic mass is 15.0. The van der Waals surface area contributed by atoms with Crippen LogP contribution in [0.25, 0.3) is 67.2 Å². The van der Waals surface area contributed by atoms with Gasteiger partial charge in [0.15, 0.2) is 17.5 Å². The van der Waals surface area contributed by atoms with Gasteiger partial charge in [0.1, 0.15) is 0 Å². The van der Waals surface area contributed by atoms with Crippen molar-refractivity contribution in [3.05, 3.63) is 222 Å². The summed E-state index contributed by atoms with van der Waals surface area (Å²) in [5.41, 5.74) is 12.0. The fourth-order valence-electron chi connectivity index (χ4n) is 8.23. The standard InChI is InChI=1S/C51H32N4/c52-33-34-20-28-44-45-29-27-40(32-47(45)51(46(44)30-34,42-16-6-2-7-17-42)43-18-8-3-9-19-43)36-21-24-38(25-22-36)49-53-48(37-13-4-1-5-14-37)54-50(55-49)41-26-23-35-12-10-11-15-39(35)31-41/h1-32H. The van der Waals surface area contributed by atoms with Gasteiger partial charge in [0.25, 0.3) is 0 Å². The Labute approximate surface area is 319 Å². The Bertz CT molecular complexity index is 2870. The molecule has 4 heteroatoms. The van der Waals surface area contributed by atoms with E-state index >= 15 is 0 Å². The molecular formula is C51H32N4. The Kier molecular flexibility index (Phi) is 7.71. The van der Waals surface area contributed by atoms with Crippen LogP contribution < -0.4 is 0 Å². The van der Waals surface area contributed by atoms with Gasteiger partial charge in [-0.05, 0) is 79.5 Å². The molecule has 0 radical (unpaired) electrons. The summed E-state index contributed by atoms with van der Waals surface area (Å²) in [6.45, 7) is 0. The lowest BCUT2D eigenvalue weighted by Crippen LogP contribution is -2.28. The SMILES string of the molecule is N#Cc1ccc2c(c1)C(c1ccccc1)(c1ccccc1)c1cc(-c3ccc(-c4nc(-c5ccccc5)nc(-c5ccc6ccccc6c5)n4)cc3)ccc1-2. The second kappa shape index (κ2) is 13.2. The van der Waals surface area contributed by atoms with Crippen LogP contribution in [-0.2, 0) is 5.41 Å². The maximum Gasteiger partial charge on any atom is 0.164 e. The van der Waals surface area contributed by atoms with Crippen molar-refractivity contribution in [1.82, 2.24) is 15.0 Å². The Morgan fingerprint density at radius 2 is 0.836 bits per heavy atom. The molecule has 0 bridgehead atoms. The highest BCUT2D eigenvalue weighted by Gasteiger charge is 2.46. The van der Waals surface area contributed by atoms with Crippen LogP contribution in [0.3, 0.4) is 0 Å². The van der Waals surface area contributed by atoms with E-state index in [1.54, 1.807) is 0 Å². The van der Waals surface area contributed by atoms with Gasteiger partial charge < -0.3 is 0 Å². The molecule has 0 saturated heterocycles. The van der Waals surface area contributed by atoms with Crippen LogP contribution in [0.4, 0.5) is 0 Å². The zero-order valence-electron chi connectivity index (χ0n) is 29.8. The third-order valence-corrected chi connectivity index (χ3v) is 10.8. The third kappa shape index (κ3) is 5.41. The zero-order chi connectivity index (χ0) is 36.8. The van der Waals surface area contributed by atoms with Crippen LogP contribution >= 0.6 is 0 Å². The van der Waals surface area contributed by atoms with Crippen molar-refractivity contribution in [2.45, 2.75) is 5.41 Å². The monoisotopic (exact) mass is 700 g/mol. The molecule has 0 spiro atoms. The molecule has 0 atom stereocenters. The van der Waals surface area contributed by atoms with E-state index in [1.165, 1.54) is 16.5 Å². The Morgan fingerprint density at radius 3 is 1.47 bits per heavy atom. The third-order valence-electron chi connectivity index (χ3n) is 10.8. The smallest absolute Gasteiger partial charge is 0.164 e. The minimum absolute atomic E-state index is 0.603. The lowest BCUT2D eigenvalue weighted by molar-refractivity contribution is 0.768. The van der Waals surface area contributed by atoms with E-state index < -0.39 is 5.41 Å². The summed E-state index contributed by atoms with van der Waals surface area (Å²) < 4.78 is 0. The van der Waals surface area contributed by atoms with Crippen LogP contribution in [-0.4, -0.2) is 15.0 Å². The Hall–Kier alpha value is -7.48. The maximum absolute atomic E-state index is 10.0. The maximum atomic E-state index is 10.0. The van der Waals surface area contributed by atoms with Crippen molar-refractivity contribution in [2.75, 3.05) is 0 Å². The van der Waals surface area contributed by atoms with Gasteiger partial charge in [-0.2, -0.15) is 5.26 Å². The van der Waals surface area contributed by atoms with Crippen LogP contribution in [0.5, 0.6) is 0 Å². The largest absolute Gasteiger partial charge is 0.208 e. The Balaban J connectivity index is 1.10. The fraction of sp³-hybridized carbons (Fsp3) is 0.0196. The van der Waals surface area contributed by atoms with Gasteiger partial charge in [0.2, 0.25) is 0 Å². The number of hydrogen-bond acceptors (Lipinski definition) is 4. The molecule has 4 nitrogen and oxygen atoms in total. The molecule has 1 aliphatic rings. The molecule has 0 amide bonds. The van der Waals surface area contributed by atoms with Crippen molar-refractivity contribution in [3.63, 3.8) is 0 Å². The van der Waals surface area contributed by atoms with Gasteiger partial charge in [0.05, 0.1) is 17.0 Å². The van der Waals surface area contributed by atoms with Crippen molar-refractivity contribution in [1.29, 1.82) is 5.26 Å². The number of rotatable bonds is 6. The molecule has 1 aliphatic carbocycles. The lowest BCUT2D eigenvalue weighted by atomic mass is 9.67. The highest BCUT2D eigenvalue weighted by Crippen LogP contribution is 2.57. The molecule has 0 saturated carbocycles. The first-order valence-electron chi connectivity index (χ1n) is 18.4. The topological polar surface area (TPSA) is 62.5 Å². The van der Waals surface area contributed by atoms with E-state index in [2.05, 4.69) is 164 Å². The lowest BCUT2D eigenvalue weighted by Gasteiger charge is -2.34. The van der Waals surface area contributed by atoms with Gasteiger partial charge >= 0.3 is 0 Å². The number of fused-ring (bicyclic) bond motifs is 4. The minimum atomic E-state index is -0.603. The first kappa shape index (κ1) is 32.2. The van der Waals surface area contributed by atoms with Crippen LogP contribution in [0.1, 0.15) is 27.8 Å². The van der Waals surface area contributed by atoms with Gasteiger partial charge in [-0.1, -0.05) is 170 Å². The predicted molar refractivity (Wildman–Crippen MR) is 221 cm³/mol. The normalized spacial score (nSPS) is 12.5. The fourth-order valence-corrected chi connectivity index (χ4v) is 8.23. The molecule has 256 valence electrons. The van der Waals surface area contributed by atoms with E-state index in [-0.39, 0.29) is 0 Å². The number of nitriles is 1. The number of hydrogen-bond donors (Lipinski definition) is 0. The molecular weight excluding hydrogens is 669 g/mol. The van der Waals surface area contributed by atoms with E-state index in [0.717, 1.165) is 55.5 Å². The summed E-state index contributed by atoms with van der Waals surface area (Å²) in [6, 6.07) is 69.9. The molecule has 0 fully saturated rings. The highest BCUT2D eigenvalue weighted by molar-refractivity contribution is 5.89. The van der Waals surface area contributed by atoms with Gasteiger partial charge in [-0.15, -0.1) is 0 Å². The molecule has 10 rings (SSSR count). The van der Waals surface area contributed by atoms with Crippen LogP contribution in [0.15, 0.2) is 194 Å². The second-order valence-corrected chi connectivity index (χ2v) is 13.9. The van der Waals surface area contributed by atoms with Crippen LogP contribution in [0, 0.1) is 11.3 Å². The zero-order valence-corrected chi connectivity index (χ0v) is 29.8. The van der Waals surface area contributed by atoms with Crippen LogP contribution in [0.2, 0.25) is 0 Å². The molecule has 0 N–H and O–H groups in total. The summed E-state index contributed by atoms with van der Waals surface area (Å²) in [4.78, 5) is 15.0. The Morgan fingerprint density at radius 1 is 0.364 bits per heavy atom. The first-order valence-corrected chi connectivity index (χ1v) is 18.4. The van der Waals surface area contributed by atoms with E-state index in [4.69, 9.17) is 15.0 Å². The molecule has 8 aromatic carbocycles. The van der Waals surface area contributed by atoms with Gasteiger partial charge in [0, 0.05) is 16.7 Å². The molecule has 0 unspecified atom stereocenters. The molecule has 1 heterocycles. The number of nitrogens with zero attached hydrogens (tertiary/aromatic N) is 4. The van der Waals surface area contributed by atoms with E-state index in [1.807, 2.05) is 36.4 Å². The number of aromatic nitrogens is 3. The molecule has 55 heavy (non-hydrogen) atoms. The summed E-state index contributed by atoms with van der Waals surface area (Å²) in [5, 5.41) is 12.3. The van der Waals surface area contributed by atoms with Crippen molar-refractivity contribution < 1.29 is 0 Å². The van der Waals surface area contributed by atoms with E-state index in [0.29, 0.717) is 23.0 Å². The quantitative estimate of drug-likeness (QED) is 0.173. The summed E-state index contributed by atoms with van der Waals surface area (Å²) >= 11 is 0. The summed E-state index contributed by atoms with van der Waals surface area (Å²) in [5.74, 6) is 1.89. The van der Waals surface area contributed by atoms with Crippen molar-refractivity contribution in [2.24, 2.45) is 0 Å². The average molecular weight is 701 g/mol. The van der Waals surface area contributed by atoms with Gasteiger partial charge in [-0.25, -0.2) is 15.0 Å². The molecule has 0 aliphatic heterocycles. The average Bonchev–Trinajstić information content (AvgIpc) is 3.56. The van der Waals surface area contributed by atoms with Crippen molar-refractivity contribution in [3.8, 4) is 62.5 Å².